The van der Waals surface area contributed by atoms with Crippen LogP contribution in [-0.2, 0) is 19.9 Å². The van der Waals surface area contributed by atoms with E-state index in [1.54, 1.807) is 6.92 Å². The van der Waals surface area contributed by atoms with E-state index in [9.17, 15) is 29.4 Å². The Morgan fingerprint density at radius 3 is 2.54 bits per heavy atom. The molecule has 39 heavy (non-hydrogen) atoms. The van der Waals surface area contributed by atoms with E-state index in [4.69, 9.17) is 4.74 Å². The molecule has 2 aliphatic heterocycles. The van der Waals surface area contributed by atoms with Crippen molar-refractivity contribution in [2.75, 3.05) is 0 Å². The van der Waals surface area contributed by atoms with Crippen molar-refractivity contribution >= 4 is 23.4 Å². The number of rotatable bonds is 3. The number of aryl methyl sites for hydroxylation is 1. The molecule has 3 N–H and O–H groups in total. The maximum absolute atomic E-state index is 13.5. The second-order valence-electron chi connectivity index (χ2n) is 11.3. The van der Waals surface area contributed by atoms with Gasteiger partial charge < -0.3 is 20.3 Å². The Morgan fingerprint density at radius 2 is 1.87 bits per heavy atom. The van der Waals surface area contributed by atoms with Crippen LogP contribution in [0, 0.1) is 24.7 Å². The summed E-state index contributed by atoms with van der Waals surface area (Å²) in [5.74, 6) is -3.42. The van der Waals surface area contributed by atoms with Gasteiger partial charge in [0, 0.05) is 35.6 Å². The number of hydrogen-bond donors (Lipinski definition) is 3. The number of hydrogen-bond acceptors (Lipinski definition) is 7. The molecule has 0 unspecified atom stereocenters. The quantitative estimate of drug-likeness (QED) is 0.382. The number of benzene rings is 1. The van der Waals surface area contributed by atoms with Gasteiger partial charge >= 0.3 is 5.97 Å². The van der Waals surface area contributed by atoms with Gasteiger partial charge in [0.2, 0.25) is 5.91 Å². The minimum atomic E-state index is -2.03. The van der Waals surface area contributed by atoms with Crippen molar-refractivity contribution in [1.29, 1.82) is 0 Å². The number of aliphatic hydroxyl groups is 1. The zero-order valence-electron chi connectivity index (χ0n) is 23.2. The number of carbonyl (C=O) groups excluding carboxylic acids is 4. The minimum absolute atomic E-state index is 0.0262. The summed E-state index contributed by atoms with van der Waals surface area (Å²) in [5.41, 5.74) is -1.83. The zero-order valence-corrected chi connectivity index (χ0v) is 23.2. The summed E-state index contributed by atoms with van der Waals surface area (Å²) in [6.07, 6.45) is 8.57. The lowest BCUT2D eigenvalue weighted by Crippen LogP contribution is -2.39. The normalized spacial score (nSPS) is 29.8. The number of allylic oxidation sites excluding steroid dienone is 2. The molecule has 1 aromatic rings. The Labute approximate surface area is 228 Å². The summed E-state index contributed by atoms with van der Waals surface area (Å²) in [7, 11) is 0. The van der Waals surface area contributed by atoms with Crippen LogP contribution in [0.15, 0.2) is 41.6 Å². The Balaban J connectivity index is 1.91. The second-order valence-corrected chi connectivity index (χ2v) is 11.3. The van der Waals surface area contributed by atoms with Crippen LogP contribution in [0.1, 0.15) is 91.6 Å². The molecule has 1 fully saturated rings. The molecule has 208 valence electrons. The molecule has 4 atom stereocenters. The molecule has 4 rings (SSSR count). The first kappa shape index (κ1) is 28.5. The fraction of sp³-hybridized carbons (Fsp3) is 0.484. The highest BCUT2D eigenvalue weighted by atomic mass is 16.5. The maximum Gasteiger partial charge on any atom is 0.333 e. The van der Waals surface area contributed by atoms with Gasteiger partial charge in [0.25, 0.3) is 0 Å². The number of ketones is 2. The summed E-state index contributed by atoms with van der Waals surface area (Å²) in [5, 5.41) is 25.6. The first-order valence-corrected chi connectivity index (χ1v) is 13.6. The number of nitrogens with one attached hydrogen (secondary N) is 1. The maximum atomic E-state index is 13.5. The lowest BCUT2D eigenvalue weighted by Gasteiger charge is -2.34. The van der Waals surface area contributed by atoms with Crippen LogP contribution in [0.3, 0.4) is 0 Å². The molecular weight excluding hydrogens is 498 g/mol. The minimum Gasteiger partial charge on any atom is -0.507 e. The van der Waals surface area contributed by atoms with Crippen LogP contribution in [0.5, 0.6) is 5.75 Å². The highest BCUT2D eigenvalue weighted by Gasteiger charge is 2.55. The van der Waals surface area contributed by atoms with Gasteiger partial charge in [0.05, 0.1) is 17.2 Å². The highest BCUT2D eigenvalue weighted by Crippen LogP contribution is 2.49. The Morgan fingerprint density at radius 1 is 1.15 bits per heavy atom. The summed E-state index contributed by atoms with van der Waals surface area (Å²) in [4.78, 5) is 53.0. The zero-order chi connectivity index (χ0) is 28.6. The number of Topliss-reactive ketones (excluding diaryl/α,β-unsaturated/α-hetero) is 1. The van der Waals surface area contributed by atoms with Crippen LogP contribution < -0.4 is 5.32 Å². The molecule has 0 radical (unpaired) electrons. The highest BCUT2D eigenvalue weighted by molar-refractivity contribution is 6.17. The molecule has 1 aliphatic carbocycles. The van der Waals surface area contributed by atoms with Gasteiger partial charge in [-0.25, -0.2) is 4.79 Å². The predicted molar refractivity (Wildman–Crippen MR) is 145 cm³/mol. The average molecular weight is 536 g/mol. The van der Waals surface area contributed by atoms with E-state index in [-0.39, 0.29) is 58.1 Å². The van der Waals surface area contributed by atoms with Crippen LogP contribution in [0.25, 0.3) is 0 Å². The molecule has 0 saturated carbocycles. The first-order chi connectivity index (χ1) is 18.4. The second kappa shape index (κ2) is 10.9. The summed E-state index contributed by atoms with van der Waals surface area (Å²) in [6.45, 7) is 9.20. The van der Waals surface area contributed by atoms with E-state index < -0.39 is 35.0 Å². The number of aromatic hydroxyl groups is 1. The van der Waals surface area contributed by atoms with E-state index in [0.717, 1.165) is 12.5 Å². The summed E-state index contributed by atoms with van der Waals surface area (Å²) < 4.78 is 5.83. The van der Waals surface area contributed by atoms with Crippen molar-refractivity contribution in [3.05, 3.63) is 63.9 Å². The van der Waals surface area contributed by atoms with E-state index in [2.05, 4.69) is 5.32 Å². The Bertz CT molecular complexity index is 1320. The van der Waals surface area contributed by atoms with Gasteiger partial charge in [-0.2, -0.15) is 0 Å². The molecule has 1 aromatic carbocycles. The van der Waals surface area contributed by atoms with Gasteiger partial charge in [0.1, 0.15) is 17.5 Å². The third kappa shape index (κ3) is 5.22. The SMILES string of the molecule is CC[C@H]1/C=C/C[C@H](CC(C)C)OC(=O)/C(C)=C\[C@H]2C(=O)NC3=CC(=O)c4c(cc(C)c(O)c4C(=O)CC1)[C@@]32O. The predicted octanol–water partition coefficient (Wildman–Crippen LogP) is 4.57. The van der Waals surface area contributed by atoms with Crippen molar-refractivity contribution in [2.45, 2.75) is 78.4 Å². The number of carbonyl (C=O) groups is 4. The van der Waals surface area contributed by atoms with Crippen LogP contribution in [-0.4, -0.2) is 39.8 Å². The largest absolute Gasteiger partial charge is 0.507 e. The third-order valence-corrected chi connectivity index (χ3v) is 7.92. The fourth-order valence-electron chi connectivity index (χ4n) is 5.74. The molecule has 2 heterocycles. The lowest BCUT2D eigenvalue weighted by molar-refractivity contribution is -0.144. The third-order valence-electron chi connectivity index (χ3n) is 7.92. The lowest BCUT2D eigenvalue weighted by atomic mass is 9.72. The molecule has 8 heteroatoms. The van der Waals surface area contributed by atoms with Crippen LogP contribution in [0.2, 0.25) is 0 Å². The number of esters is 1. The van der Waals surface area contributed by atoms with Crippen molar-refractivity contribution in [3.8, 4) is 5.75 Å². The smallest absolute Gasteiger partial charge is 0.333 e. The Hall–Kier alpha value is -3.52. The summed E-state index contributed by atoms with van der Waals surface area (Å²) in [6, 6.07) is 1.44. The van der Waals surface area contributed by atoms with Crippen LogP contribution in [0.4, 0.5) is 0 Å². The first-order valence-electron chi connectivity index (χ1n) is 13.6. The molecule has 0 spiro atoms. The van der Waals surface area contributed by atoms with Crippen molar-refractivity contribution in [2.24, 2.45) is 17.8 Å². The van der Waals surface area contributed by atoms with Gasteiger partial charge in [-0.15, -0.1) is 0 Å². The van der Waals surface area contributed by atoms with Gasteiger partial charge in [-0.3, -0.25) is 14.4 Å². The van der Waals surface area contributed by atoms with Gasteiger partial charge in [-0.05, 0) is 56.6 Å². The molecule has 1 amide bonds. The number of amides is 1. The van der Waals surface area contributed by atoms with Crippen molar-refractivity contribution < 1.29 is 34.1 Å². The van der Waals surface area contributed by atoms with Gasteiger partial charge in [-0.1, -0.05) is 39.0 Å². The van der Waals surface area contributed by atoms with Crippen molar-refractivity contribution in [1.82, 2.24) is 5.32 Å². The molecule has 4 bridgehead atoms. The standard InChI is InChI=1S/C31H37NO7/c1-6-19-8-7-9-20(12-16(2)3)39-30(37)18(5)14-22-29(36)32-25-15-24(34)26-21(31(22,25)38)13-17(4)28(35)27(26)23(33)11-10-19/h7-8,13-16,19-20,22,35,38H,6,9-12H2,1-5H3,(H,32,36)/b8-7+,18-14-/t19-,20+,22-,31-/m0/s1. The number of cyclic esters (lactones) is 1. The van der Waals surface area contributed by atoms with E-state index in [1.165, 1.54) is 19.1 Å². The number of phenolic OH excluding ortho intramolecular Hbond substituents is 1. The topological polar surface area (TPSA) is 130 Å². The monoisotopic (exact) mass is 535 g/mol. The van der Waals surface area contributed by atoms with E-state index in [0.29, 0.717) is 24.8 Å². The Kier molecular flexibility index (Phi) is 7.98. The molecule has 3 aliphatic rings. The molecule has 0 aromatic heterocycles. The van der Waals surface area contributed by atoms with Crippen LogP contribution >= 0.6 is 0 Å². The van der Waals surface area contributed by atoms with E-state index >= 15 is 0 Å². The number of ether oxygens (including phenoxy) is 1. The average Bonchev–Trinajstić information content (AvgIpc) is 3.10. The van der Waals surface area contributed by atoms with E-state index in [1.807, 2.05) is 32.9 Å². The number of phenols is 1. The molecular formula is C31H37NO7. The summed E-state index contributed by atoms with van der Waals surface area (Å²) >= 11 is 0. The fourth-order valence-corrected chi connectivity index (χ4v) is 5.74. The van der Waals surface area contributed by atoms with Crippen molar-refractivity contribution in [3.63, 3.8) is 0 Å². The van der Waals surface area contributed by atoms with Gasteiger partial charge in [0.15, 0.2) is 11.6 Å². The molecule has 8 nitrogen and oxygen atoms in total. The molecule has 1 saturated heterocycles.